The molecule has 2 aliphatic rings. The maximum absolute atomic E-state index is 12.5. The summed E-state index contributed by atoms with van der Waals surface area (Å²) in [6, 6.07) is 7.24. The van der Waals surface area contributed by atoms with Crippen molar-refractivity contribution in [3.63, 3.8) is 0 Å². The number of nitrogens with one attached hydrogen (secondary N) is 1. The Kier molecular flexibility index (Phi) is 12.3. The zero-order valence-corrected chi connectivity index (χ0v) is 24.0. The maximum Gasteiger partial charge on any atom is 0.305 e. The number of benzene rings is 1. The third kappa shape index (κ3) is 9.19. The molecular formula is C28H47N3O6S. The predicted molar refractivity (Wildman–Crippen MR) is 149 cm³/mol. The van der Waals surface area contributed by atoms with E-state index in [0.717, 1.165) is 96.2 Å². The molecule has 2 N–H and O–H groups in total. The van der Waals surface area contributed by atoms with Gasteiger partial charge in [0.25, 0.3) is 0 Å². The Morgan fingerprint density at radius 1 is 1.21 bits per heavy atom. The van der Waals surface area contributed by atoms with E-state index in [-0.39, 0.29) is 11.4 Å². The standard InChI is InChI=1S/C28H47N3O6S/c1-3-13-28(14-9-15-28)27(33)24-10-8-11-25(23-24)31(38(2,34)35)29-16-7-5-4-6-12-26(32)37-22-19-30-17-20-36-21-18-30/h8,10-11,23,27,29,33H,3-7,9,12-22H2,1-2H3. The van der Waals surface area contributed by atoms with E-state index in [9.17, 15) is 18.3 Å². The molecule has 1 aromatic carbocycles. The van der Waals surface area contributed by atoms with Crippen LogP contribution in [-0.2, 0) is 24.3 Å². The van der Waals surface area contributed by atoms with E-state index in [4.69, 9.17) is 9.47 Å². The molecule has 0 amide bonds. The summed E-state index contributed by atoms with van der Waals surface area (Å²) >= 11 is 0. The van der Waals surface area contributed by atoms with E-state index in [0.29, 0.717) is 25.3 Å². The lowest BCUT2D eigenvalue weighted by Crippen LogP contribution is -2.43. The van der Waals surface area contributed by atoms with Gasteiger partial charge < -0.3 is 14.6 Å². The molecule has 10 heteroatoms. The number of rotatable bonds is 17. The molecule has 0 bridgehead atoms. The number of carbonyl (C=O) groups excluding carboxylic acids is 1. The normalized spacial score (nSPS) is 18.5. The average molecular weight is 554 g/mol. The average Bonchev–Trinajstić information content (AvgIpc) is 2.87. The lowest BCUT2D eigenvalue weighted by atomic mass is 9.61. The van der Waals surface area contributed by atoms with Gasteiger partial charge in [0, 0.05) is 38.0 Å². The van der Waals surface area contributed by atoms with Gasteiger partial charge in [-0.2, -0.15) is 0 Å². The van der Waals surface area contributed by atoms with Crippen molar-refractivity contribution in [3.8, 4) is 0 Å². The number of hydrazine groups is 1. The Morgan fingerprint density at radius 3 is 2.61 bits per heavy atom. The number of aliphatic hydroxyl groups is 1. The maximum atomic E-state index is 12.5. The van der Waals surface area contributed by atoms with Crippen LogP contribution in [0.1, 0.15) is 82.8 Å². The molecule has 0 spiro atoms. The van der Waals surface area contributed by atoms with E-state index in [1.54, 1.807) is 12.1 Å². The summed E-state index contributed by atoms with van der Waals surface area (Å²) in [5.41, 5.74) is 4.24. The van der Waals surface area contributed by atoms with E-state index >= 15 is 0 Å². The third-order valence-electron chi connectivity index (χ3n) is 7.77. The number of unbranched alkanes of at least 4 members (excludes halogenated alkanes) is 3. The molecule has 38 heavy (non-hydrogen) atoms. The van der Waals surface area contributed by atoms with Gasteiger partial charge in [0.05, 0.1) is 31.3 Å². The molecule has 1 atom stereocenters. The Bertz CT molecular complexity index is 963. The lowest BCUT2D eigenvalue weighted by molar-refractivity contribution is -0.144. The van der Waals surface area contributed by atoms with Crippen LogP contribution in [0.3, 0.4) is 0 Å². The first-order valence-corrected chi connectivity index (χ1v) is 16.1. The number of hydrogen-bond acceptors (Lipinski definition) is 8. The van der Waals surface area contributed by atoms with E-state index in [1.807, 2.05) is 12.1 Å². The van der Waals surface area contributed by atoms with Gasteiger partial charge in [-0.1, -0.05) is 44.7 Å². The number of ether oxygens (including phenoxy) is 2. The Labute approximate surface area is 228 Å². The van der Waals surface area contributed by atoms with Gasteiger partial charge in [0.2, 0.25) is 10.0 Å². The number of aliphatic hydroxyl groups excluding tert-OH is 1. The van der Waals surface area contributed by atoms with Crippen molar-refractivity contribution in [2.45, 2.75) is 77.2 Å². The van der Waals surface area contributed by atoms with Gasteiger partial charge in [-0.3, -0.25) is 9.69 Å². The first-order valence-electron chi connectivity index (χ1n) is 14.2. The molecule has 216 valence electrons. The minimum atomic E-state index is -3.55. The monoisotopic (exact) mass is 553 g/mol. The summed E-state index contributed by atoms with van der Waals surface area (Å²) in [5, 5.41) is 11.1. The SMILES string of the molecule is CCCC1(C(O)c2cccc(N(NCCCCCCC(=O)OCCN3CCOCC3)S(C)(=O)=O)c2)CCC1. The molecule has 1 heterocycles. The largest absolute Gasteiger partial charge is 0.464 e. The van der Waals surface area contributed by atoms with Crippen molar-refractivity contribution in [3.05, 3.63) is 29.8 Å². The number of nitrogens with zero attached hydrogens (tertiary/aromatic N) is 2. The van der Waals surface area contributed by atoms with Crippen LogP contribution in [-0.4, -0.2) is 76.6 Å². The highest BCUT2D eigenvalue weighted by atomic mass is 32.2. The first kappa shape index (κ1) is 30.8. The van der Waals surface area contributed by atoms with Crippen molar-refractivity contribution >= 4 is 21.7 Å². The second-order valence-corrected chi connectivity index (χ2v) is 12.6. The fourth-order valence-electron chi connectivity index (χ4n) is 5.48. The minimum absolute atomic E-state index is 0.0914. The van der Waals surface area contributed by atoms with Crippen LogP contribution < -0.4 is 9.84 Å². The third-order valence-corrected chi connectivity index (χ3v) is 8.77. The highest BCUT2D eigenvalue weighted by Crippen LogP contribution is 2.53. The summed E-state index contributed by atoms with van der Waals surface area (Å²) in [5.74, 6) is -0.163. The summed E-state index contributed by atoms with van der Waals surface area (Å²) < 4.78 is 37.0. The molecule has 1 unspecified atom stereocenters. The van der Waals surface area contributed by atoms with E-state index < -0.39 is 16.1 Å². The predicted octanol–water partition coefficient (Wildman–Crippen LogP) is 3.79. The smallest absolute Gasteiger partial charge is 0.305 e. The molecule has 1 aliphatic heterocycles. The lowest BCUT2D eigenvalue weighted by Gasteiger charge is -2.46. The van der Waals surface area contributed by atoms with Crippen molar-refractivity contribution in [1.82, 2.24) is 10.3 Å². The Morgan fingerprint density at radius 2 is 1.95 bits per heavy atom. The number of hydrogen-bond donors (Lipinski definition) is 2. The zero-order valence-electron chi connectivity index (χ0n) is 23.2. The second kappa shape index (κ2) is 15.2. The Balaban J connectivity index is 1.38. The van der Waals surface area contributed by atoms with Crippen LogP contribution in [0.5, 0.6) is 0 Å². The molecule has 1 saturated carbocycles. The van der Waals surface area contributed by atoms with Crippen LogP contribution in [0.4, 0.5) is 5.69 Å². The zero-order chi connectivity index (χ0) is 27.4. The summed E-state index contributed by atoms with van der Waals surface area (Å²) in [6.45, 7) is 7.03. The van der Waals surface area contributed by atoms with Crippen LogP contribution >= 0.6 is 0 Å². The molecular weight excluding hydrogens is 506 g/mol. The number of anilines is 1. The van der Waals surface area contributed by atoms with Crippen molar-refractivity contribution in [2.75, 3.05) is 56.7 Å². The summed E-state index contributed by atoms with van der Waals surface area (Å²) in [4.78, 5) is 14.2. The van der Waals surface area contributed by atoms with Gasteiger partial charge >= 0.3 is 5.97 Å². The minimum Gasteiger partial charge on any atom is -0.464 e. The molecule has 1 aromatic rings. The number of esters is 1. The topological polar surface area (TPSA) is 108 Å². The summed E-state index contributed by atoms with van der Waals surface area (Å²) in [7, 11) is -3.55. The van der Waals surface area contributed by atoms with Crippen LogP contribution in [0.2, 0.25) is 0 Å². The molecule has 1 aliphatic carbocycles. The molecule has 1 saturated heterocycles. The fourth-order valence-corrected chi connectivity index (χ4v) is 6.30. The van der Waals surface area contributed by atoms with Crippen LogP contribution in [0, 0.1) is 5.41 Å². The Hall–Kier alpha value is -1.72. The number of morpholine rings is 1. The molecule has 9 nitrogen and oxygen atoms in total. The van der Waals surface area contributed by atoms with Gasteiger partial charge in [0.1, 0.15) is 6.61 Å². The van der Waals surface area contributed by atoms with Crippen molar-refractivity contribution in [1.29, 1.82) is 0 Å². The first-order chi connectivity index (χ1) is 18.2. The number of carbonyl (C=O) groups is 1. The summed E-state index contributed by atoms with van der Waals surface area (Å²) in [6.07, 6.45) is 9.41. The fraction of sp³-hybridized carbons (Fsp3) is 0.750. The molecule has 3 rings (SSSR count). The molecule has 2 fully saturated rings. The van der Waals surface area contributed by atoms with Gasteiger partial charge in [-0.25, -0.2) is 18.3 Å². The highest BCUT2D eigenvalue weighted by molar-refractivity contribution is 7.92. The van der Waals surface area contributed by atoms with Gasteiger partial charge in [0.15, 0.2) is 0 Å². The molecule has 0 aromatic heterocycles. The molecule has 0 radical (unpaired) electrons. The number of sulfonamides is 1. The quantitative estimate of drug-likeness (QED) is 0.170. The van der Waals surface area contributed by atoms with Gasteiger partial charge in [-0.15, -0.1) is 0 Å². The van der Waals surface area contributed by atoms with Crippen molar-refractivity contribution < 1.29 is 27.8 Å². The second-order valence-electron chi connectivity index (χ2n) is 10.7. The van der Waals surface area contributed by atoms with E-state index in [1.165, 1.54) is 10.7 Å². The van der Waals surface area contributed by atoms with Crippen LogP contribution in [0.15, 0.2) is 24.3 Å². The van der Waals surface area contributed by atoms with E-state index in [2.05, 4.69) is 17.2 Å². The van der Waals surface area contributed by atoms with Crippen molar-refractivity contribution in [2.24, 2.45) is 5.41 Å². The highest BCUT2D eigenvalue weighted by Gasteiger charge is 2.43. The van der Waals surface area contributed by atoms with Gasteiger partial charge in [-0.05, 0) is 49.8 Å². The van der Waals surface area contributed by atoms with Crippen LogP contribution in [0.25, 0.3) is 0 Å².